The molecule has 1 unspecified atom stereocenters. The smallest absolute Gasteiger partial charge is 0.0702 e. The van der Waals surface area contributed by atoms with Crippen molar-refractivity contribution in [2.45, 2.75) is 31.8 Å². The molecule has 1 atom stereocenters. The van der Waals surface area contributed by atoms with Gasteiger partial charge in [0, 0.05) is 38.3 Å². The van der Waals surface area contributed by atoms with Crippen LogP contribution in [0.15, 0.2) is 0 Å². The Morgan fingerprint density at radius 3 is 2.65 bits per heavy atom. The molecule has 4 nitrogen and oxygen atoms in total. The first-order chi connectivity index (χ1) is 8.24. The van der Waals surface area contributed by atoms with E-state index in [4.69, 9.17) is 9.47 Å². The van der Waals surface area contributed by atoms with E-state index in [1.807, 2.05) is 0 Å². The zero-order valence-electron chi connectivity index (χ0n) is 10.9. The lowest BCUT2D eigenvalue weighted by Gasteiger charge is -2.39. The Bertz CT molecular complexity index is 223. The highest BCUT2D eigenvalue weighted by molar-refractivity contribution is 4.84. The maximum atomic E-state index is 9.64. The summed E-state index contributed by atoms with van der Waals surface area (Å²) < 4.78 is 11.0. The first-order valence-electron chi connectivity index (χ1n) is 6.73. The molecule has 0 bridgehead atoms. The van der Waals surface area contributed by atoms with Crippen molar-refractivity contribution in [3.8, 4) is 0 Å². The van der Waals surface area contributed by atoms with E-state index in [-0.39, 0.29) is 12.0 Å². The standard InChI is InChI=1S/C13H25NO3/c1-14(9-12-3-2-6-17-12)10-13(11-15)4-7-16-8-5-13/h12,15H,2-11H2,1H3. The number of aliphatic hydroxyl groups is 1. The lowest BCUT2D eigenvalue weighted by Crippen LogP contribution is -2.44. The summed E-state index contributed by atoms with van der Waals surface area (Å²) in [6.07, 6.45) is 4.71. The Morgan fingerprint density at radius 1 is 1.29 bits per heavy atom. The summed E-state index contributed by atoms with van der Waals surface area (Å²) in [5.74, 6) is 0. The van der Waals surface area contributed by atoms with E-state index >= 15 is 0 Å². The van der Waals surface area contributed by atoms with Crippen molar-refractivity contribution in [3.05, 3.63) is 0 Å². The van der Waals surface area contributed by atoms with Gasteiger partial charge >= 0.3 is 0 Å². The summed E-state index contributed by atoms with van der Waals surface area (Å²) in [4.78, 5) is 2.32. The third kappa shape index (κ3) is 3.65. The number of rotatable bonds is 5. The molecule has 2 aliphatic heterocycles. The molecule has 1 N–H and O–H groups in total. The molecule has 0 amide bonds. The molecule has 2 heterocycles. The molecule has 4 heteroatoms. The lowest BCUT2D eigenvalue weighted by molar-refractivity contribution is -0.0364. The molecule has 0 aromatic carbocycles. The van der Waals surface area contributed by atoms with Gasteiger partial charge in [0.2, 0.25) is 0 Å². The number of ether oxygens (including phenoxy) is 2. The Hall–Kier alpha value is -0.160. The fourth-order valence-corrected chi connectivity index (χ4v) is 2.94. The van der Waals surface area contributed by atoms with Crippen LogP contribution < -0.4 is 0 Å². The number of likely N-dealkylation sites (N-methyl/N-ethyl adjacent to an activating group) is 1. The van der Waals surface area contributed by atoms with E-state index in [2.05, 4.69) is 11.9 Å². The van der Waals surface area contributed by atoms with Crippen LogP contribution in [-0.2, 0) is 9.47 Å². The Balaban J connectivity index is 1.80. The molecule has 2 rings (SSSR count). The third-order valence-electron chi connectivity index (χ3n) is 4.03. The number of hydrogen-bond acceptors (Lipinski definition) is 4. The van der Waals surface area contributed by atoms with Crippen LogP contribution in [0.4, 0.5) is 0 Å². The van der Waals surface area contributed by atoms with Gasteiger partial charge in [-0.25, -0.2) is 0 Å². The molecule has 0 aliphatic carbocycles. The van der Waals surface area contributed by atoms with E-state index in [1.54, 1.807) is 0 Å². The third-order valence-corrected chi connectivity index (χ3v) is 4.03. The van der Waals surface area contributed by atoms with Crippen LogP contribution in [0.25, 0.3) is 0 Å². The monoisotopic (exact) mass is 243 g/mol. The van der Waals surface area contributed by atoms with Gasteiger partial charge in [-0.3, -0.25) is 0 Å². The Kier molecular flexibility index (Phi) is 4.79. The van der Waals surface area contributed by atoms with Crippen LogP contribution in [0.5, 0.6) is 0 Å². The minimum atomic E-state index is 0.0472. The fraction of sp³-hybridized carbons (Fsp3) is 1.00. The van der Waals surface area contributed by atoms with Crippen LogP contribution in [0.2, 0.25) is 0 Å². The largest absolute Gasteiger partial charge is 0.396 e. The van der Waals surface area contributed by atoms with Gasteiger partial charge in [0.15, 0.2) is 0 Å². The van der Waals surface area contributed by atoms with Crippen molar-refractivity contribution in [2.24, 2.45) is 5.41 Å². The van der Waals surface area contributed by atoms with E-state index in [0.717, 1.165) is 45.8 Å². The van der Waals surface area contributed by atoms with E-state index in [9.17, 15) is 5.11 Å². The first-order valence-corrected chi connectivity index (χ1v) is 6.73. The van der Waals surface area contributed by atoms with E-state index in [1.165, 1.54) is 12.8 Å². The predicted molar refractivity (Wildman–Crippen MR) is 66.0 cm³/mol. The normalized spacial score (nSPS) is 28.8. The molecule has 0 aromatic heterocycles. The van der Waals surface area contributed by atoms with Crippen molar-refractivity contribution in [1.29, 1.82) is 0 Å². The molecule has 2 fully saturated rings. The molecular weight excluding hydrogens is 218 g/mol. The van der Waals surface area contributed by atoms with Crippen molar-refractivity contribution >= 4 is 0 Å². The number of nitrogens with zero attached hydrogens (tertiary/aromatic N) is 1. The molecule has 0 spiro atoms. The van der Waals surface area contributed by atoms with Crippen molar-refractivity contribution in [3.63, 3.8) is 0 Å². The maximum Gasteiger partial charge on any atom is 0.0702 e. The predicted octanol–water partition coefficient (Wildman–Crippen LogP) is 0.886. The summed E-state index contributed by atoms with van der Waals surface area (Å²) >= 11 is 0. The summed E-state index contributed by atoms with van der Waals surface area (Å²) in [7, 11) is 2.13. The molecule has 0 aromatic rings. The van der Waals surface area contributed by atoms with Crippen LogP contribution in [0, 0.1) is 5.41 Å². The van der Waals surface area contributed by atoms with Gasteiger partial charge in [-0.2, -0.15) is 0 Å². The second kappa shape index (κ2) is 6.14. The van der Waals surface area contributed by atoms with Crippen LogP contribution in [0.1, 0.15) is 25.7 Å². The van der Waals surface area contributed by atoms with Gasteiger partial charge in [-0.15, -0.1) is 0 Å². The average molecular weight is 243 g/mol. The lowest BCUT2D eigenvalue weighted by atomic mass is 9.80. The van der Waals surface area contributed by atoms with Crippen molar-refractivity contribution in [1.82, 2.24) is 4.90 Å². The first kappa shape index (κ1) is 13.3. The molecule has 2 saturated heterocycles. The number of aliphatic hydroxyl groups excluding tert-OH is 1. The summed E-state index contributed by atoms with van der Waals surface area (Å²) in [6.45, 7) is 4.70. The zero-order valence-corrected chi connectivity index (χ0v) is 10.9. The van der Waals surface area contributed by atoms with Gasteiger partial charge in [0.05, 0.1) is 12.7 Å². The molecule has 0 saturated carbocycles. The van der Waals surface area contributed by atoms with Crippen LogP contribution >= 0.6 is 0 Å². The van der Waals surface area contributed by atoms with Crippen LogP contribution in [-0.4, -0.2) is 62.7 Å². The molecular formula is C13H25NO3. The van der Waals surface area contributed by atoms with Gasteiger partial charge in [0.1, 0.15) is 0 Å². The Labute approximate surface area is 104 Å². The van der Waals surface area contributed by atoms with Gasteiger partial charge in [0.25, 0.3) is 0 Å². The molecule has 17 heavy (non-hydrogen) atoms. The summed E-state index contributed by atoms with van der Waals surface area (Å²) in [5, 5.41) is 9.64. The quantitative estimate of drug-likeness (QED) is 0.778. The second-order valence-electron chi connectivity index (χ2n) is 5.60. The number of hydrogen-bond donors (Lipinski definition) is 1. The van der Waals surface area contributed by atoms with E-state index < -0.39 is 0 Å². The minimum absolute atomic E-state index is 0.0472. The van der Waals surface area contributed by atoms with Crippen molar-refractivity contribution in [2.75, 3.05) is 46.6 Å². The molecule has 0 radical (unpaired) electrons. The highest BCUT2D eigenvalue weighted by atomic mass is 16.5. The summed E-state index contributed by atoms with van der Waals surface area (Å²) in [5.41, 5.74) is 0.0472. The van der Waals surface area contributed by atoms with Crippen LogP contribution in [0.3, 0.4) is 0 Å². The summed E-state index contributed by atoms with van der Waals surface area (Å²) in [6, 6.07) is 0. The van der Waals surface area contributed by atoms with Crippen molar-refractivity contribution < 1.29 is 14.6 Å². The zero-order chi connectivity index (χ0) is 12.1. The average Bonchev–Trinajstić information content (AvgIpc) is 2.83. The Morgan fingerprint density at radius 2 is 2.06 bits per heavy atom. The molecule has 2 aliphatic rings. The topological polar surface area (TPSA) is 41.9 Å². The SMILES string of the molecule is CN(CC1CCCO1)CC1(CO)CCOCC1. The fourth-order valence-electron chi connectivity index (χ4n) is 2.94. The maximum absolute atomic E-state index is 9.64. The van der Waals surface area contributed by atoms with Gasteiger partial charge in [-0.1, -0.05) is 0 Å². The molecule has 100 valence electrons. The second-order valence-corrected chi connectivity index (χ2v) is 5.60. The highest BCUT2D eigenvalue weighted by Crippen LogP contribution is 2.31. The van der Waals surface area contributed by atoms with E-state index in [0.29, 0.717) is 6.10 Å². The minimum Gasteiger partial charge on any atom is -0.396 e. The van der Waals surface area contributed by atoms with Gasteiger partial charge < -0.3 is 19.5 Å². The van der Waals surface area contributed by atoms with Gasteiger partial charge in [-0.05, 0) is 32.7 Å². The highest BCUT2D eigenvalue weighted by Gasteiger charge is 2.33.